The highest BCUT2D eigenvalue weighted by molar-refractivity contribution is 5.33. The van der Waals surface area contributed by atoms with Crippen molar-refractivity contribution in [2.24, 2.45) is 5.92 Å². The highest BCUT2D eigenvalue weighted by Gasteiger charge is 2.31. The van der Waals surface area contributed by atoms with Crippen LogP contribution in [-0.2, 0) is 6.42 Å². The molecule has 1 aliphatic rings. The molecule has 0 aliphatic carbocycles. The van der Waals surface area contributed by atoms with Crippen LogP contribution in [0.2, 0.25) is 0 Å². The Balaban J connectivity index is 1.87. The van der Waals surface area contributed by atoms with Crippen molar-refractivity contribution in [3.63, 3.8) is 0 Å². The quantitative estimate of drug-likeness (QED) is 0.890. The molecule has 0 saturated carbocycles. The van der Waals surface area contributed by atoms with Crippen molar-refractivity contribution in [2.45, 2.75) is 32.4 Å². The molecule has 2 unspecified atom stereocenters. The molecule has 2 N–H and O–H groups in total. The van der Waals surface area contributed by atoms with E-state index in [1.807, 2.05) is 10.6 Å². The van der Waals surface area contributed by atoms with Crippen LogP contribution in [0.5, 0.6) is 0 Å². The predicted octanol–water partition coefficient (Wildman–Crippen LogP) is 1.45. The Labute approximate surface area is 117 Å². The molecule has 3 rings (SSSR count). The average molecular weight is 275 g/mol. The van der Waals surface area contributed by atoms with Crippen LogP contribution in [0.4, 0.5) is 4.39 Å². The fourth-order valence-electron chi connectivity index (χ4n) is 2.71. The summed E-state index contributed by atoms with van der Waals surface area (Å²) in [5.74, 6) is 1.02. The van der Waals surface area contributed by atoms with Gasteiger partial charge in [0, 0.05) is 18.5 Å². The zero-order valence-electron chi connectivity index (χ0n) is 11.5. The third kappa shape index (κ3) is 2.44. The van der Waals surface area contributed by atoms with E-state index in [0.29, 0.717) is 18.0 Å². The highest BCUT2D eigenvalue weighted by Crippen LogP contribution is 2.20. The smallest absolute Gasteiger partial charge is 0.137 e. The fraction of sp³-hybridized carbons (Fsp3) is 0.429. The first-order valence-electron chi connectivity index (χ1n) is 6.81. The van der Waals surface area contributed by atoms with Crippen molar-refractivity contribution in [3.8, 4) is 5.69 Å². The summed E-state index contributed by atoms with van der Waals surface area (Å²) in [5.41, 5.74) is 7.22. The molecule has 106 valence electrons. The zero-order chi connectivity index (χ0) is 14.1. The number of nitrogens with one attached hydrogen (secondary N) is 2. The maximum absolute atomic E-state index is 13.3. The fourth-order valence-corrected chi connectivity index (χ4v) is 2.71. The van der Waals surface area contributed by atoms with Crippen LogP contribution < -0.4 is 10.9 Å². The molecule has 1 aliphatic heterocycles. The molecular formula is C14H18FN5. The SMILES string of the molecule is CC1NNC(C)C1Cc1nncn1-c1cccc(F)c1. The van der Waals surface area contributed by atoms with Gasteiger partial charge in [0.1, 0.15) is 18.0 Å². The Kier molecular flexibility index (Phi) is 3.50. The van der Waals surface area contributed by atoms with Crippen molar-refractivity contribution in [1.82, 2.24) is 25.6 Å². The van der Waals surface area contributed by atoms with E-state index < -0.39 is 0 Å². The summed E-state index contributed by atoms with van der Waals surface area (Å²) >= 11 is 0. The average Bonchev–Trinajstić information content (AvgIpc) is 3.01. The van der Waals surface area contributed by atoms with E-state index in [1.165, 1.54) is 12.1 Å². The van der Waals surface area contributed by atoms with Gasteiger partial charge in [-0.05, 0) is 38.0 Å². The molecule has 20 heavy (non-hydrogen) atoms. The third-order valence-electron chi connectivity index (χ3n) is 3.95. The third-order valence-corrected chi connectivity index (χ3v) is 3.95. The van der Waals surface area contributed by atoms with Gasteiger partial charge in [0.15, 0.2) is 0 Å². The Morgan fingerprint density at radius 3 is 2.70 bits per heavy atom. The Morgan fingerprint density at radius 2 is 2.00 bits per heavy atom. The Hall–Kier alpha value is -1.79. The molecule has 0 bridgehead atoms. The van der Waals surface area contributed by atoms with E-state index in [0.717, 1.165) is 17.9 Å². The van der Waals surface area contributed by atoms with Gasteiger partial charge in [-0.25, -0.2) is 4.39 Å². The first-order valence-corrected chi connectivity index (χ1v) is 6.81. The number of hydrazine groups is 1. The van der Waals surface area contributed by atoms with E-state index >= 15 is 0 Å². The minimum Gasteiger partial charge on any atom is -0.286 e. The van der Waals surface area contributed by atoms with E-state index in [2.05, 4.69) is 34.9 Å². The molecule has 0 radical (unpaired) electrons. The number of halogens is 1. The molecule has 2 heterocycles. The summed E-state index contributed by atoms with van der Waals surface area (Å²) in [7, 11) is 0. The molecule has 5 nitrogen and oxygen atoms in total. The van der Waals surface area contributed by atoms with E-state index in [9.17, 15) is 4.39 Å². The predicted molar refractivity (Wildman–Crippen MR) is 73.7 cm³/mol. The van der Waals surface area contributed by atoms with Crippen LogP contribution in [-0.4, -0.2) is 26.8 Å². The number of benzene rings is 1. The van der Waals surface area contributed by atoms with Crippen LogP contribution in [0, 0.1) is 11.7 Å². The molecule has 1 aromatic heterocycles. The first kappa shape index (κ1) is 13.2. The second-order valence-corrected chi connectivity index (χ2v) is 5.33. The van der Waals surface area contributed by atoms with Crippen molar-refractivity contribution in [1.29, 1.82) is 0 Å². The highest BCUT2D eigenvalue weighted by atomic mass is 19.1. The second kappa shape index (κ2) is 5.30. The summed E-state index contributed by atoms with van der Waals surface area (Å²) in [6.07, 6.45) is 2.42. The van der Waals surface area contributed by atoms with Crippen LogP contribution in [0.15, 0.2) is 30.6 Å². The molecule has 6 heteroatoms. The number of hydrogen-bond donors (Lipinski definition) is 2. The molecule has 1 saturated heterocycles. The molecule has 2 aromatic rings. The van der Waals surface area contributed by atoms with Crippen LogP contribution in [0.3, 0.4) is 0 Å². The summed E-state index contributed by atoms with van der Waals surface area (Å²) in [6.45, 7) is 4.29. The molecule has 1 fully saturated rings. The van der Waals surface area contributed by atoms with Crippen molar-refractivity contribution < 1.29 is 4.39 Å². The zero-order valence-corrected chi connectivity index (χ0v) is 11.5. The lowest BCUT2D eigenvalue weighted by Gasteiger charge is -2.17. The van der Waals surface area contributed by atoms with Gasteiger partial charge in [0.25, 0.3) is 0 Å². The Bertz CT molecular complexity index is 587. The molecular weight excluding hydrogens is 257 g/mol. The van der Waals surface area contributed by atoms with E-state index in [4.69, 9.17) is 0 Å². The Morgan fingerprint density at radius 1 is 1.25 bits per heavy atom. The number of hydrogen-bond acceptors (Lipinski definition) is 4. The number of aromatic nitrogens is 3. The van der Waals surface area contributed by atoms with Gasteiger partial charge in [0.05, 0.1) is 5.69 Å². The summed E-state index contributed by atoms with van der Waals surface area (Å²) in [4.78, 5) is 0. The van der Waals surface area contributed by atoms with Gasteiger partial charge < -0.3 is 0 Å². The largest absolute Gasteiger partial charge is 0.286 e. The van der Waals surface area contributed by atoms with Crippen LogP contribution >= 0.6 is 0 Å². The second-order valence-electron chi connectivity index (χ2n) is 5.33. The van der Waals surface area contributed by atoms with Crippen molar-refractivity contribution in [2.75, 3.05) is 0 Å². The van der Waals surface area contributed by atoms with Gasteiger partial charge in [0.2, 0.25) is 0 Å². The van der Waals surface area contributed by atoms with Gasteiger partial charge in [-0.15, -0.1) is 10.2 Å². The number of nitrogens with zero attached hydrogens (tertiary/aromatic N) is 3. The maximum Gasteiger partial charge on any atom is 0.137 e. The van der Waals surface area contributed by atoms with Crippen molar-refractivity contribution in [3.05, 3.63) is 42.2 Å². The standard InChI is InChI=1S/C14H18FN5/c1-9-13(10(2)18-17-9)7-14-19-16-8-20(14)12-5-3-4-11(15)6-12/h3-6,8-10,13,17-18H,7H2,1-2H3. The molecule has 0 spiro atoms. The van der Waals surface area contributed by atoms with Gasteiger partial charge in [-0.3, -0.25) is 15.4 Å². The van der Waals surface area contributed by atoms with Crippen molar-refractivity contribution >= 4 is 0 Å². The first-order chi connectivity index (χ1) is 9.65. The normalized spacial score (nSPS) is 26.1. The lowest BCUT2D eigenvalue weighted by atomic mass is 9.93. The maximum atomic E-state index is 13.3. The lowest BCUT2D eigenvalue weighted by molar-refractivity contribution is 0.430. The van der Waals surface area contributed by atoms with E-state index in [1.54, 1.807) is 12.4 Å². The lowest BCUT2D eigenvalue weighted by Crippen LogP contribution is -2.30. The topological polar surface area (TPSA) is 54.8 Å². The summed E-state index contributed by atoms with van der Waals surface area (Å²) < 4.78 is 15.2. The van der Waals surface area contributed by atoms with Crippen LogP contribution in [0.25, 0.3) is 5.69 Å². The van der Waals surface area contributed by atoms with Gasteiger partial charge in [-0.1, -0.05) is 6.07 Å². The monoisotopic (exact) mass is 275 g/mol. The van der Waals surface area contributed by atoms with Gasteiger partial charge >= 0.3 is 0 Å². The number of rotatable bonds is 3. The van der Waals surface area contributed by atoms with Crippen LogP contribution in [0.1, 0.15) is 19.7 Å². The van der Waals surface area contributed by atoms with E-state index in [-0.39, 0.29) is 5.82 Å². The minimum absolute atomic E-state index is 0.256. The van der Waals surface area contributed by atoms with Gasteiger partial charge in [-0.2, -0.15) is 0 Å². The molecule has 1 aromatic carbocycles. The minimum atomic E-state index is -0.256. The summed E-state index contributed by atoms with van der Waals surface area (Å²) in [6, 6.07) is 7.20. The molecule has 0 amide bonds. The summed E-state index contributed by atoms with van der Waals surface area (Å²) in [5, 5.41) is 8.16. The molecule has 2 atom stereocenters.